The van der Waals surface area contributed by atoms with Crippen LogP contribution in [0.15, 0.2) is 42.0 Å². The standard InChI is InChI=1S/C32H37FN4O5S/c1-20-26-18-23(33)10-12-24(26)30-29(21-7-5-4-6-8-21)25-11-9-22-17-28(25)37(30)19-27(20)32(39)35(2)13-15-42-16-14-36(3)43(40,41)34-31(22)38/h9-12,17-18,21H,4-8,13-16,19H2,1-3H3,(H,34,38). The lowest BCUT2D eigenvalue weighted by Gasteiger charge is -2.24. The van der Waals surface area contributed by atoms with Crippen molar-refractivity contribution in [2.45, 2.75) is 51.5 Å². The van der Waals surface area contributed by atoms with Crippen LogP contribution in [0.4, 0.5) is 4.39 Å². The Bertz CT molecular complexity index is 1760. The van der Waals surface area contributed by atoms with Crippen molar-refractivity contribution < 1.29 is 27.1 Å². The first kappa shape index (κ1) is 29.5. The van der Waals surface area contributed by atoms with E-state index >= 15 is 0 Å². The molecule has 2 aliphatic heterocycles. The van der Waals surface area contributed by atoms with Crippen LogP contribution in [0.1, 0.15) is 66.4 Å². The maximum Gasteiger partial charge on any atom is 0.303 e. The third-order valence-electron chi connectivity index (χ3n) is 9.15. The molecular formula is C32H37FN4O5S. The Hall–Kier alpha value is -3.54. The van der Waals surface area contributed by atoms with Gasteiger partial charge in [0.25, 0.3) is 11.8 Å². The van der Waals surface area contributed by atoms with Crippen LogP contribution in [0.3, 0.4) is 0 Å². The lowest BCUT2D eigenvalue weighted by Crippen LogP contribution is -2.42. The summed E-state index contributed by atoms with van der Waals surface area (Å²) < 4.78 is 51.6. The van der Waals surface area contributed by atoms with Crippen molar-refractivity contribution in [1.29, 1.82) is 0 Å². The van der Waals surface area contributed by atoms with Crippen molar-refractivity contribution in [3.63, 3.8) is 0 Å². The topological polar surface area (TPSA) is 101 Å². The zero-order chi connectivity index (χ0) is 30.5. The van der Waals surface area contributed by atoms with Gasteiger partial charge in [0.05, 0.1) is 25.5 Å². The number of carbonyl (C=O) groups is 2. The third-order valence-corrected chi connectivity index (χ3v) is 10.6. The van der Waals surface area contributed by atoms with E-state index in [2.05, 4.69) is 9.29 Å². The number of hydrogen-bond donors (Lipinski definition) is 1. The fraction of sp³-hybridized carbons (Fsp3) is 0.438. The predicted octanol–water partition coefficient (Wildman–Crippen LogP) is 4.68. The molecule has 2 amide bonds. The molecule has 1 N–H and O–H groups in total. The van der Waals surface area contributed by atoms with E-state index in [4.69, 9.17) is 4.74 Å². The summed E-state index contributed by atoms with van der Waals surface area (Å²) in [4.78, 5) is 28.9. The summed E-state index contributed by atoms with van der Waals surface area (Å²) >= 11 is 0. The van der Waals surface area contributed by atoms with E-state index in [-0.39, 0.29) is 56.1 Å². The molecule has 228 valence electrons. The van der Waals surface area contributed by atoms with Crippen LogP contribution in [-0.4, -0.2) is 74.4 Å². The molecule has 1 aromatic heterocycles. The van der Waals surface area contributed by atoms with Crippen LogP contribution in [0.5, 0.6) is 0 Å². The molecule has 11 heteroatoms. The first-order valence-electron chi connectivity index (χ1n) is 14.8. The van der Waals surface area contributed by atoms with Gasteiger partial charge < -0.3 is 14.2 Å². The predicted molar refractivity (Wildman–Crippen MR) is 163 cm³/mol. The number of likely N-dealkylation sites (N-methyl/N-ethyl adjacent to an activating group) is 2. The molecule has 3 heterocycles. The highest BCUT2D eigenvalue weighted by Crippen LogP contribution is 2.48. The molecule has 0 atom stereocenters. The molecule has 0 unspecified atom stereocenters. The molecule has 1 fully saturated rings. The number of nitrogens with zero attached hydrogens (tertiary/aromatic N) is 3. The molecule has 3 aromatic rings. The van der Waals surface area contributed by atoms with E-state index in [1.54, 1.807) is 30.1 Å². The van der Waals surface area contributed by atoms with E-state index in [0.29, 0.717) is 16.7 Å². The second-order valence-electron chi connectivity index (χ2n) is 11.8. The minimum Gasteiger partial charge on any atom is -0.378 e. The fourth-order valence-electron chi connectivity index (χ4n) is 6.68. The summed E-state index contributed by atoms with van der Waals surface area (Å²) in [6.45, 7) is 2.69. The number of aromatic nitrogens is 1. The normalized spacial score (nSPS) is 20.8. The first-order chi connectivity index (χ1) is 20.6. The van der Waals surface area contributed by atoms with Gasteiger partial charge in [-0.1, -0.05) is 25.3 Å². The second-order valence-corrected chi connectivity index (χ2v) is 13.6. The highest BCUT2D eigenvalue weighted by atomic mass is 32.2. The number of benzene rings is 2. The number of hydrogen-bond acceptors (Lipinski definition) is 5. The van der Waals surface area contributed by atoms with Gasteiger partial charge in [-0.3, -0.25) is 9.59 Å². The van der Waals surface area contributed by atoms with Crippen LogP contribution in [0.2, 0.25) is 0 Å². The molecular weight excluding hydrogens is 571 g/mol. The minimum atomic E-state index is -4.11. The summed E-state index contributed by atoms with van der Waals surface area (Å²) in [6, 6.07) is 10.0. The zero-order valence-corrected chi connectivity index (χ0v) is 25.6. The Morgan fingerprint density at radius 3 is 2.47 bits per heavy atom. The Morgan fingerprint density at radius 1 is 0.953 bits per heavy atom. The summed E-state index contributed by atoms with van der Waals surface area (Å²) in [6.07, 6.45) is 5.40. The number of ether oxygens (including phenoxy) is 1. The highest BCUT2D eigenvalue weighted by Gasteiger charge is 2.33. The Morgan fingerprint density at radius 2 is 1.70 bits per heavy atom. The van der Waals surface area contributed by atoms with Gasteiger partial charge >= 0.3 is 10.2 Å². The minimum absolute atomic E-state index is 0.0306. The number of carbonyl (C=O) groups excluding carboxylic acids is 2. The molecule has 1 aliphatic carbocycles. The molecule has 9 nitrogen and oxygen atoms in total. The summed E-state index contributed by atoms with van der Waals surface area (Å²) in [5, 5.41) is 0.958. The van der Waals surface area contributed by atoms with Crippen molar-refractivity contribution in [3.8, 4) is 11.3 Å². The first-order valence-corrected chi connectivity index (χ1v) is 16.3. The maximum atomic E-state index is 14.8. The van der Waals surface area contributed by atoms with Gasteiger partial charge in [-0.2, -0.15) is 12.7 Å². The fourth-order valence-corrected chi connectivity index (χ4v) is 7.50. The monoisotopic (exact) mass is 608 g/mol. The number of allylic oxidation sites excluding steroid dienone is 1. The van der Waals surface area contributed by atoms with Gasteiger partial charge in [-0.05, 0) is 72.7 Å². The lowest BCUT2D eigenvalue weighted by molar-refractivity contribution is -0.126. The summed E-state index contributed by atoms with van der Waals surface area (Å²) in [5.74, 6) is -1.06. The quantitative estimate of drug-likeness (QED) is 0.433. The van der Waals surface area contributed by atoms with Gasteiger partial charge in [0, 0.05) is 54.8 Å². The zero-order valence-electron chi connectivity index (χ0n) is 24.8. The van der Waals surface area contributed by atoms with Crippen LogP contribution in [-0.2, 0) is 26.3 Å². The number of halogens is 1. The van der Waals surface area contributed by atoms with Crippen molar-refractivity contribution in [2.24, 2.45) is 0 Å². The molecule has 0 radical (unpaired) electrons. The molecule has 2 aromatic carbocycles. The van der Waals surface area contributed by atoms with Crippen molar-refractivity contribution in [1.82, 2.24) is 18.5 Å². The maximum absolute atomic E-state index is 14.8. The van der Waals surface area contributed by atoms with Crippen molar-refractivity contribution in [2.75, 3.05) is 40.4 Å². The van der Waals surface area contributed by atoms with E-state index in [9.17, 15) is 22.4 Å². The van der Waals surface area contributed by atoms with Gasteiger partial charge in [0.15, 0.2) is 0 Å². The van der Waals surface area contributed by atoms with E-state index < -0.39 is 16.1 Å². The second kappa shape index (κ2) is 11.5. The highest BCUT2D eigenvalue weighted by molar-refractivity contribution is 7.87. The molecule has 1 saturated carbocycles. The Labute approximate surface area is 251 Å². The van der Waals surface area contributed by atoms with E-state index in [1.807, 2.05) is 13.0 Å². The van der Waals surface area contributed by atoms with Gasteiger partial charge in [0.2, 0.25) is 0 Å². The number of rotatable bonds is 1. The van der Waals surface area contributed by atoms with Gasteiger partial charge in [-0.15, -0.1) is 0 Å². The van der Waals surface area contributed by atoms with Crippen molar-refractivity contribution >= 4 is 38.5 Å². The van der Waals surface area contributed by atoms with E-state index in [1.165, 1.54) is 25.6 Å². The molecule has 3 aliphatic rings. The average molecular weight is 609 g/mol. The molecule has 4 bridgehead atoms. The molecule has 0 spiro atoms. The largest absolute Gasteiger partial charge is 0.378 e. The van der Waals surface area contributed by atoms with Gasteiger partial charge in [-0.25, -0.2) is 9.11 Å². The lowest BCUT2D eigenvalue weighted by atomic mass is 9.81. The average Bonchev–Trinajstić information content (AvgIpc) is 3.25. The van der Waals surface area contributed by atoms with Crippen molar-refractivity contribution in [3.05, 3.63) is 64.5 Å². The smallest absolute Gasteiger partial charge is 0.303 e. The number of fused-ring (bicyclic) bond motifs is 4. The molecule has 6 rings (SSSR count). The van der Waals surface area contributed by atoms with E-state index in [0.717, 1.165) is 57.7 Å². The number of nitrogens with one attached hydrogen (secondary N) is 1. The van der Waals surface area contributed by atoms with Crippen LogP contribution >= 0.6 is 0 Å². The number of amides is 2. The van der Waals surface area contributed by atoms with Crippen LogP contribution < -0.4 is 4.72 Å². The SMILES string of the molecule is CC1=C2Cn3c(c(C4CCCCC4)c4ccc(cc43)C(=O)NS(=O)(=O)N(C)CCOCCN(C)C2=O)-c2ccc(F)cc21. The molecule has 43 heavy (non-hydrogen) atoms. The van der Waals surface area contributed by atoms with Crippen LogP contribution in [0.25, 0.3) is 27.7 Å². The van der Waals surface area contributed by atoms with Gasteiger partial charge in [0.1, 0.15) is 5.82 Å². The van der Waals surface area contributed by atoms with Crippen LogP contribution in [0, 0.1) is 5.82 Å². The summed E-state index contributed by atoms with van der Waals surface area (Å²) in [5.41, 5.74) is 5.74. The molecule has 0 saturated heterocycles. The Kier molecular flexibility index (Phi) is 7.91. The third kappa shape index (κ3) is 5.38. The summed E-state index contributed by atoms with van der Waals surface area (Å²) in [7, 11) is -1.03. The Balaban J connectivity index is 1.63.